The number of carbonyl (C=O) groups excluding carboxylic acids is 3. The number of nitrogens with zero attached hydrogens (tertiary/aromatic N) is 8. The molecule has 4 N–H and O–H groups in total. The third-order valence-corrected chi connectivity index (χ3v) is 15.3. The molecule has 4 aliphatic heterocycles. The molecule has 0 spiro atoms. The number of amides is 3. The number of rotatable bonds is 10. The summed E-state index contributed by atoms with van der Waals surface area (Å²) in [7, 11) is 1.64. The van der Waals surface area contributed by atoms with Crippen molar-refractivity contribution in [2.45, 2.75) is 104 Å². The van der Waals surface area contributed by atoms with E-state index in [1.165, 1.54) is 21.9 Å². The highest BCUT2D eigenvalue weighted by molar-refractivity contribution is 6.09. The Kier molecular flexibility index (Phi) is 11.5. The number of aliphatic hydroxyl groups excluding tert-OH is 1. The number of anilines is 7. The third-order valence-electron chi connectivity index (χ3n) is 15.3. The van der Waals surface area contributed by atoms with Crippen LogP contribution in [0.5, 0.6) is 0 Å². The molecule has 0 radical (unpaired) electrons. The van der Waals surface area contributed by atoms with Crippen LogP contribution in [0.4, 0.5) is 40.1 Å². The number of piperidine rings is 1. The second-order valence-corrected chi connectivity index (χ2v) is 20.9. The normalized spacial score (nSPS) is 21.7. The largest absolute Gasteiger partial charge is 0.392 e. The van der Waals surface area contributed by atoms with Crippen LogP contribution in [0.1, 0.15) is 87.3 Å². The summed E-state index contributed by atoms with van der Waals surface area (Å²) in [6.45, 7) is 20.6. The Balaban J connectivity index is 0.859. The van der Waals surface area contributed by atoms with Crippen molar-refractivity contribution < 1.29 is 19.5 Å². The first-order valence-corrected chi connectivity index (χ1v) is 24.2. The Morgan fingerprint density at radius 2 is 1.75 bits per heavy atom. The first-order valence-electron chi connectivity index (χ1n) is 24.2. The zero-order chi connectivity index (χ0) is 48.7. The van der Waals surface area contributed by atoms with E-state index in [4.69, 9.17) is 4.98 Å². The number of carbonyl (C=O) groups is 3. The molecular weight excluding hydrogens is 871 g/mol. The molecule has 5 aromatic rings. The number of piperazine rings is 1. The first-order chi connectivity index (χ1) is 33.0. The highest BCUT2D eigenvalue weighted by Gasteiger charge is 2.42. The van der Waals surface area contributed by atoms with Crippen LogP contribution in [0.3, 0.4) is 0 Å². The predicted octanol–water partition coefficient (Wildman–Crippen LogP) is 6.59. The molecule has 7 heterocycles. The van der Waals surface area contributed by atoms with Crippen molar-refractivity contribution >= 4 is 57.8 Å². The summed E-state index contributed by atoms with van der Waals surface area (Å²) in [5.41, 5.74) is 8.74. The molecule has 1 aliphatic carbocycles. The second-order valence-electron chi connectivity index (χ2n) is 20.9. The average Bonchev–Trinajstić information content (AvgIpc) is 3.90. The van der Waals surface area contributed by atoms with E-state index in [-0.39, 0.29) is 46.6 Å². The monoisotopic (exact) mass is 934 g/mol. The van der Waals surface area contributed by atoms with Gasteiger partial charge in [0.1, 0.15) is 11.5 Å². The van der Waals surface area contributed by atoms with Gasteiger partial charge in [-0.15, -0.1) is 0 Å². The molecular formula is C53H63N11O5. The molecule has 16 nitrogen and oxygen atoms in total. The van der Waals surface area contributed by atoms with Gasteiger partial charge in [0.2, 0.25) is 11.8 Å². The Bertz CT molecular complexity index is 2990. The Morgan fingerprint density at radius 3 is 2.51 bits per heavy atom. The number of aliphatic hydroxyl groups is 1. The van der Waals surface area contributed by atoms with E-state index in [0.29, 0.717) is 58.8 Å². The number of benzene rings is 2. The van der Waals surface area contributed by atoms with Crippen LogP contribution < -0.4 is 36.2 Å². The highest BCUT2D eigenvalue weighted by Crippen LogP contribution is 2.45. The lowest BCUT2D eigenvalue weighted by molar-refractivity contribution is -0.119. The molecule has 5 aliphatic rings. The van der Waals surface area contributed by atoms with Crippen LogP contribution >= 0.6 is 0 Å². The maximum Gasteiger partial charge on any atom is 0.293 e. The maximum atomic E-state index is 14.1. The second kappa shape index (κ2) is 17.3. The van der Waals surface area contributed by atoms with E-state index in [1.807, 2.05) is 38.1 Å². The average molecular weight is 934 g/mol. The van der Waals surface area contributed by atoms with E-state index in [0.717, 1.165) is 74.5 Å². The van der Waals surface area contributed by atoms with Crippen molar-refractivity contribution in [2.24, 2.45) is 12.5 Å². The van der Waals surface area contributed by atoms with Gasteiger partial charge in [-0.3, -0.25) is 29.0 Å². The summed E-state index contributed by atoms with van der Waals surface area (Å²) in [6, 6.07) is 16.5. The van der Waals surface area contributed by atoms with Gasteiger partial charge >= 0.3 is 0 Å². The zero-order valence-electron chi connectivity index (χ0n) is 40.7. The summed E-state index contributed by atoms with van der Waals surface area (Å²) in [5, 5.41) is 20.3. The van der Waals surface area contributed by atoms with E-state index in [1.54, 1.807) is 30.4 Å². The summed E-state index contributed by atoms with van der Waals surface area (Å²) < 4.78 is 3.58. The van der Waals surface area contributed by atoms with E-state index in [9.17, 15) is 24.3 Å². The summed E-state index contributed by atoms with van der Waals surface area (Å²) in [6.07, 6.45) is 8.30. The SMILES string of the molecule is C=CC(=O)Nc1cc(Nc2nc(-c3ccnc(N4CCn5c(cc6c5CC(C)(C)C6)C4=O)c3CO)cn(C)c2=O)ccc1N1CCN(C2CCN(c3cccc4c3NC(=O)C4(C)C)[C@@H](C)C2)C[C@@H]1C. The topological polar surface area (TPSA) is 173 Å². The summed E-state index contributed by atoms with van der Waals surface area (Å²) >= 11 is 0. The van der Waals surface area contributed by atoms with Crippen molar-refractivity contribution in [3.63, 3.8) is 0 Å². The number of hydrogen-bond acceptors (Lipinski definition) is 11. The maximum absolute atomic E-state index is 14.1. The smallest absolute Gasteiger partial charge is 0.293 e. The molecule has 0 saturated carbocycles. The lowest BCUT2D eigenvalue weighted by Gasteiger charge is -2.48. The Labute approximate surface area is 403 Å². The molecule has 69 heavy (non-hydrogen) atoms. The summed E-state index contributed by atoms with van der Waals surface area (Å²) in [4.78, 5) is 72.0. The zero-order valence-corrected chi connectivity index (χ0v) is 40.7. The minimum atomic E-state index is -0.556. The van der Waals surface area contributed by atoms with Crippen molar-refractivity contribution in [1.82, 2.24) is 24.0 Å². The molecule has 3 atom stereocenters. The van der Waals surface area contributed by atoms with Gasteiger partial charge in [0.15, 0.2) is 5.82 Å². The number of hydrogen-bond donors (Lipinski definition) is 4. The number of aromatic nitrogens is 4. The van der Waals surface area contributed by atoms with Gasteiger partial charge < -0.3 is 40.0 Å². The van der Waals surface area contributed by atoms with Gasteiger partial charge in [0.25, 0.3) is 11.5 Å². The molecule has 16 heteroatoms. The summed E-state index contributed by atoms with van der Waals surface area (Å²) in [5.74, 6) is -0.0807. The minimum Gasteiger partial charge on any atom is -0.392 e. The molecule has 10 rings (SSSR count). The number of para-hydroxylation sites is 1. The molecule has 3 amide bonds. The van der Waals surface area contributed by atoms with Crippen LogP contribution in [0.15, 0.2) is 78.4 Å². The highest BCUT2D eigenvalue weighted by atomic mass is 16.3. The van der Waals surface area contributed by atoms with Gasteiger partial charge in [-0.25, -0.2) is 9.97 Å². The fourth-order valence-corrected chi connectivity index (χ4v) is 11.7. The van der Waals surface area contributed by atoms with Crippen LogP contribution in [-0.2, 0) is 48.0 Å². The number of aryl methyl sites for hydroxylation is 1. The first kappa shape index (κ1) is 46.0. The Morgan fingerprint density at radius 1 is 0.957 bits per heavy atom. The van der Waals surface area contributed by atoms with Crippen LogP contribution in [0, 0.1) is 5.41 Å². The number of pyridine rings is 1. The molecule has 1 unspecified atom stereocenters. The van der Waals surface area contributed by atoms with Crippen molar-refractivity contribution in [2.75, 3.05) is 63.4 Å². The van der Waals surface area contributed by atoms with Gasteiger partial charge in [-0.2, -0.15) is 0 Å². The third kappa shape index (κ3) is 8.06. The fourth-order valence-electron chi connectivity index (χ4n) is 11.7. The fraction of sp³-hybridized carbons (Fsp3) is 0.434. The Hall–Kier alpha value is -6.78. The van der Waals surface area contributed by atoms with E-state index in [2.05, 4.69) is 92.7 Å². The van der Waals surface area contributed by atoms with E-state index < -0.39 is 12.0 Å². The van der Waals surface area contributed by atoms with Crippen LogP contribution in [0.25, 0.3) is 11.3 Å². The van der Waals surface area contributed by atoms with Crippen molar-refractivity contribution in [1.29, 1.82) is 0 Å². The molecule has 360 valence electrons. The molecule has 2 fully saturated rings. The van der Waals surface area contributed by atoms with E-state index >= 15 is 0 Å². The lowest BCUT2D eigenvalue weighted by Crippen LogP contribution is -2.58. The molecule has 2 aromatic carbocycles. The van der Waals surface area contributed by atoms with Gasteiger partial charge in [0.05, 0.1) is 40.5 Å². The molecule has 3 aromatic heterocycles. The quantitative estimate of drug-likeness (QED) is 0.111. The van der Waals surface area contributed by atoms with Gasteiger partial charge in [-0.1, -0.05) is 32.6 Å². The van der Waals surface area contributed by atoms with Crippen LogP contribution in [0.2, 0.25) is 0 Å². The van der Waals surface area contributed by atoms with Crippen molar-refractivity contribution in [3.05, 3.63) is 112 Å². The number of fused-ring (bicyclic) bond motifs is 4. The predicted molar refractivity (Wildman–Crippen MR) is 271 cm³/mol. The molecule has 0 bridgehead atoms. The standard InChI is InChI=1S/C53H63N11O5/c1-9-45(66)56-39-25-34(13-14-41(39)62-20-19-60(28-32(62)3)35-16-18-61(31(2)23-35)42-12-10-11-38-46(42)58-51(69)53(38,6)7)55-47-50(68)59(8)29-40(57-47)36-15-17-54-48(37(36)30-65)64-22-21-63-43(49(64)67)24-33-26-52(4,5)27-44(33)63/h9-15,17,24-25,29,31-32,35,65H,1,16,18-23,26-28,30H2,2-8H3,(H,55,57)(H,56,66)(H,58,69)/t31-,32-,35?/m0/s1. The minimum absolute atomic E-state index is 0.0382. The lowest BCUT2D eigenvalue weighted by atomic mass is 9.85. The molecule has 2 saturated heterocycles. The van der Waals surface area contributed by atoms with Gasteiger partial charge in [0, 0.05) is 99.3 Å². The number of nitrogens with one attached hydrogen (secondary N) is 3. The van der Waals surface area contributed by atoms with Crippen LogP contribution in [-0.4, -0.2) is 97.7 Å². The van der Waals surface area contributed by atoms with Crippen molar-refractivity contribution in [3.8, 4) is 11.3 Å². The van der Waals surface area contributed by atoms with Gasteiger partial charge in [-0.05, 0) is 112 Å².